The van der Waals surface area contributed by atoms with E-state index in [1.165, 1.54) is 0 Å². The summed E-state index contributed by atoms with van der Waals surface area (Å²) in [4.78, 5) is 17.6. The summed E-state index contributed by atoms with van der Waals surface area (Å²) in [6.45, 7) is 5.74. The van der Waals surface area contributed by atoms with Crippen molar-refractivity contribution in [2.75, 3.05) is 6.61 Å². The quantitative estimate of drug-likeness (QED) is 0.387. The van der Waals surface area contributed by atoms with E-state index < -0.39 is 21.7 Å². The first-order valence-electron chi connectivity index (χ1n) is 12.7. The van der Waals surface area contributed by atoms with Crippen molar-refractivity contribution in [1.29, 1.82) is 0 Å². The van der Waals surface area contributed by atoms with Crippen molar-refractivity contribution in [3.05, 3.63) is 66.2 Å². The molecule has 1 aliphatic rings. The van der Waals surface area contributed by atoms with Crippen LogP contribution in [-0.4, -0.2) is 42.7 Å². The second-order valence-corrected chi connectivity index (χ2v) is 11.8. The average molecular weight is 526 g/mol. The number of carbonyl (C=O) groups is 1. The molecule has 198 valence electrons. The number of sulfonamides is 1. The summed E-state index contributed by atoms with van der Waals surface area (Å²) < 4.78 is 34.4. The fourth-order valence-corrected chi connectivity index (χ4v) is 6.15. The lowest BCUT2D eigenvalue weighted by molar-refractivity contribution is -0.128. The molecule has 4 rings (SSSR count). The molecule has 1 atom stereocenters. The summed E-state index contributed by atoms with van der Waals surface area (Å²) >= 11 is 0. The van der Waals surface area contributed by atoms with Gasteiger partial charge in [-0.15, -0.1) is 0 Å². The minimum absolute atomic E-state index is 0.120. The van der Waals surface area contributed by atoms with Crippen LogP contribution in [0, 0.1) is 5.92 Å². The maximum absolute atomic E-state index is 13.1. The van der Waals surface area contributed by atoms with Crippen LogP contribution >= 0.6 is 0 Å². The first-order chi connectivity index (χ1) is 17.6. The smallest absolute Gasteiger partial charge is 0.240 e. The third-order valence-corrected chi connectivity index (χ3v) is 8.30. The Morgan fingerprint density at radius 2 is 1.78 bits per heavy atom. The molecular formula is C28H35N3O5S. The normalized spacial score (nSPS) is 19.4. The largest absolute Gasteiger partial charge is 0.478 e. The van der Waals surface area contributed by atoms with E-state index in [9.17, 15) is 18.3 Å². The molecule has 3 N–H and O–H groups in total. The van der Waals surface area contributed by atoms with Gasteiger partial charge in [-0.05, 0) is 76.3 Å². The maximum atomic E-state index is 13.1. The van der Waals surface area contributed by atoms with E-state index in [0.29, 0.717) is 49.1 Å². The highest BCUT2D eigenvalue weighted by atomic mass is 32.2. The molecule has 1 aliphatic carbocycles. The first-order valence-corrected chi connectivity index (χ1v) is 14.2. The molecule has 0 radical (unpaired) electrons. The van der Waals surface area contributed by atoms with Crippen molar-refractivity contribution in [2.24, 2.45) is 5.92 Å². The molecule has 9 heteroatoms. The van der Waals surface area contributed by atoms with Crippen LogP contribution in [-0.2, 0) is 14.8 Å². The molecule has 0 unspecified atom stereocenters. The summed E-state index contributed by atoms with van der Waals surface area (Å²) in [5, 5.41) is 14.4. The standard InChI is InChI=1S/C28H35N3O5S/c1-4-36-25-17-12-21-18-23(15-16-24(21)29-25)37(34,35)31-22-13-10-20(11-14-22)27(32)30-26(28(2,3)33)19-8-6-5-7-9-19/h5-9,12,15-18,20,22,26,31,33H,4,10-11,13-14H2,1-3H3,(H,30,32)/t20-,22-,26-/m0/s1. The van der Waals surface area contributed by atoms with E-state index >= 15 is 0 Å². The van der Waals surface area contributed by atoms with Gasteiger partial charge < -0.3 is 15.2 Å². The summed E-state index contributed by atoms with van der Waals surface area (Å²) in [5.74, 6) is 0.147. The molecule has 0 spiro atoms. The SMILES string of the molecule is CCOc1ccc2cc(S(=O)(=O)N[C@H]3CC[C@H](C(=O)N[C@@H](c4ccccc4)C(C)(C)O)CC3)ccc2n1. The molecular weight excluding hydrogens is 490 g/mol. The number of fused-ring (bicyclic) bond motifs is 1. The van der Waals surface area contributed by atoms with Gasteiger partial charge in [0.15, 0.2) is 0 Å². The van der Waals surface area contributed by atoms with Crippen molar-refractivity contribution in [1.82, 2.24) is 15.0 Å². The lowest BCUT2D eigenvalue weighted by Gasteiger charge is -2.34. The summed E-state index contributed by atoms with van der Waals surface area (Å²) in [7, 11) is -3.73. The molecule has 1 fully saturated rings. The monoisotopic (exact) mass is 525 g/mol. The summed E-state index contributed by atoms with van der Waals surface area (Å²) in [6.07, 6.45) is 2.24. The molecule has 8 nitrogen and oxygen atoms in total. The molecule has 0 saturated heterocycles. The zero-order valence-electron chi connectivity index (χ0n) is 21.5. The predicted molar refractivity (Wildman–Crippen MR) is 143 cm³/mol. The van der Waals surface area contributed by atoms with Gasteiger partial charge in [-0.1, -0.05) is 30.3 Å². The van der Waals surface area contributed by atoms with Crippen LogP contribution in [0.4, 0.5) is 0 Å². The summed E-state index contributed by atoms with van der Waals surface area (Å²) in [6, 6.07) is 17.0. The first kappa shape index (κ1) is 27.0. The number of amides is 1. The number of carbonyl (C=O) groups excluding carboxylic acids is 1. The van der Waals surface area contributed by atoms with Crippen LogP contribution in [0.2, 0.25) is 0 Å². The zero-order valence-corrected chi connectivity index (χ0v) is 22.3. The van der Waals surface area contributed by atoms with E-state index in [2.05, 4.69) is 15.0 Å². The second kappa shape index (κ2) is 11.2. The molecule has 1 saturated carbocycles. The van der Waals surface area contributed by atoms with Crippen LogP contribution < -0.4 is 14.8 Å². The highest BCUT2D eigenvalue weighted by molar-refractivity contribution is 7.89. The van der Waals surface area contributed by atoms with Crippen LogP contribution in [0.25, 0.3) is 10.9 Å². The van der Waals surface area contributed by atoms with Crippen molar-refractivity contribution in [3.8, 4) is 5.88 Å². The second-order valence-electron chi connectivity index (χ2n) is 10.1. The van der Waals surface area contributed by atoms with Crippen molar-refractivity contribution < 1.29 is 23.1 Å². The number of nitrogens with one attached hydrogen (secondary N) is 2. The van der Waals surface area contributed by atoms with Gasteiger partial charge in [0.2, 0.25) is 21.8 Å². The number of nitrogens with zero attached hydrogens (tertiary/aromatic N) is 1. The number of aliphatic hydroxyl groups is 1. The topological polar surface area (TPSA) is 118 Å². The van der Waals surface area contributed by atoms with Crippen molar-refractivity contribution in [3.63, 3.8) is 0 Å². The van der Waals surface area contributed by atoms with Gasteiger partial charge in [0, 0.05) is 23.4 Å². The molecule has 1 aromatic heterocycles. The van der Waals surface area contributed by atoms with E-state index in [1.54, 1.807) is 44.2 Å². The van der Waals surface area contributed by atoms with Gasteiger partial charge in [-0.3, -0.25) is 4.79 Å². The highest BCUT2D eigenvalue weighted by Gasteiger charge is 2.34. The van der Waals surface area contributed by atoms with Crippen LogP contribution in [0.3, 0.4) is 0 Å². The Morgan fingerprint density at radius 1 is 1.08 bits per heavy atom. The third-order valence-electron chi connectivity index (χ3n) is 6.78. The Balaban J connectivity index is 1.37. The molecule has 1 heterocycles. The van der Waals surface area contributed by atoms with E-state index in [4.69, 9.17) is 4.74 Å². The lowest BCUT2D eigenvalue weighted by atomic mass is 9.84. The van der Waals surface area contributed by atoms with E-state index in [0.717, 1.165) is 5.56 Å². The predicted octanol–water partition coefficient (Wildman–Crippen LogP) is 4.10. The molecule has 0 aliphatic heterocycles. The van der Waals surface area contributed by atoms with Gasteiger partial charge in [0.25, 0.3) is 0 Å². The number of hydrogen-bond acceptors (Lipinski definition) is 6. The van der Waals surface area contributed by atoms with Crippen LogP contribution in [0.5, 0.6) is 5.88 Å². The number of hydrogen-bond donors (Lipinski definition) is 3. The van der Waals surface area contributed by atoms with E-state index in [1.807, 2.05) is 37.3 Å². The minimum Gasteiger partial charge on any atom is -0.478 e. The highest BCUT2D eigenvalue weighted by Crippen LogP contribution is 2.30. The van der Waals surface area contributed by atoms with Crippen LogP contribution in [0.15, 0.2) is 65.6 Å². The summed E-state index contributed by atoms with van der Waals surface area (Å²) in [5.41, 5.74) is 0.366. The third kappa shape index (κ3) is 6.66. The van der Waals surface area contributed by atoms with Gasteiger partial charge >= 0.3 is 0 Å². The van der Waals surface area contributed by atoms with Crippen molar-refractivity contribution >= 4 is 26.8 Å². The number of pyridine rings is 1. The Bertz CT molecular complexity index is 1330. The van der Waals surface area contributed by atoms with Gasteiger partial charge in [0.05, 0.1) is 28.7 Å². The minimum atomic E-state index is -3.73. The maximum Gasteiger partial charge on any atom is 0.240 e. The molecule has 3 aromatic rings. The number of aromatic nitrogens is 1. The Morgan fingerprint density at radius 3 is 2.43 bits per heavy atom. The average Bonchev–Trinajstić information content (AvgIpc) is 2.87. The van der Waals surface area contributed by atoms with Gasteiger partial charge in [-0.25, -0.2) is 18.1 Å². The molecule has 2 aromatic carbocycles. The van der Waals surface area contributed by atoms with E-state index in [-0.39, 0.29) is 22.8 Å². The van der Waals surface area contributed by atoms with Gasteiger partial charge in [0.1, 0.15) is 0 Å². The number of benzene rings is 2. The lowest BCUT2D eigenvalue weighted by Crippen LogP contribution is -2.46. The molecule has 0 bridgehead atoms. The molecule has 37 heavy (non-hydrogen) atoms. The zero-order chi connectivity index (χ0) is 26.6. The van der Waals surface area contributed by atoms with Gasteiger partial charge in [-0.2, -0.15) is 0 Å². The number of ether oxygens (including phenoxy) is 1. The van der Waals surface area contributed by atoms with Crippen LogP contribution in [0.1, 0.15) is 58.1 Å². The Hall–Kier alpha value is -3.01. The molecule has 1 amide bonds. The van der Waals surface area contributed by atoms with Crippen molar-refractivity contribution in [2.45, 2.75) is 69.0 Å². The fourth-order valence-electron chi connectivity index (χ4n) is 4.81. The fraction of sp³-hybridized carbons (Fsp3) is 0.429. The number of rotatable bonds is 9. The Kier molecular flexibility index (Phi) is 8.16. The Labute approximate surface area is 218 Å².